The fraction of sp³-hybridized carbons (Fsp3) is 0.238. The molecule has 5 nitrogen and oxygen atoms in total. The van der Waals surface area contributed by atoms with E-state index in [-0.39, 0.29) is 25.1 Å². The summed E-state index contributed by atoms with van der Waals surface area (Å²) in [5.41, 5.74) is -0.856. The van der Waals surface area contributed by atoms with Gasteiger partial charge in [0.1, 0.15) is 5.82 Å². The summed E-state index contributed by atoms with van der Waals surface area (Å²) < 4.78 is 18.6. The minimum Gasteiger partial charge on any atom is -0.452 e. The third kappa shape index (κ3) is 3.69. The zero-order chi connectivity index (χ0) is 19.4. The van der Waals surface area contributed by atoms with Gasteiger partial charge >= 0.3 is 5.97 Å². The highest BCUT2D eigenvalue weighted by Crippen LogP contribution is 2.41. The van der Waals surface area contributed by atoms with Gasteiger partial charge < -0.3 is 14.7 Å². The number of ether oxygens (including phenoxy) is 1. The van der Waals surface area contributed by atoms with E-state index >= 15 is 0 Å². The number of nitrogens with zero attached hydrogens (tertiary/aromatic N) is 1. The van der Waals surface area contributed by atoms with Crippen LogP contribution in [0.2, 0.25) is 0 Å². The maximum absolute atomic E-state index is 13.8. The minimum atomic E-state index is -2.19. The van der Waals surface area contributed by atoms with Gasteiger partial charge in [-0.25, -0.2) is 4.39 Å². The summed E-state index contributed by atoms with van der Waals surface area (Å²) in [5.74, 6) is 3.27. The number of carbonyl (C=O) groups excluding carboxylic acids is 2. The highest BCUT2D eigenvalue weighted by molar-refractivity contribution is 6.09. The van der Waals surface area contributed by atoms with Crippen molar-refractivity contribution in [3.8, 4) is 11.8 Å². The molecule has 1 aliphatic heterocycles. The molecule has 138 valence electrons. The second-order valence-electron chi connectivity index (χ2n) is 6.06. The summed E-state index contributed by atoms with van der Waals surface area (Å²) in [6.07, 6.45) is 0.198. The number of benzene rings is 2. The summed E-state index contributed by atoms with van der Waals surface area (Å²) in [4.78, 5) is 25.5. The van der Waals surface area contributed by atoms with Crippen LogP contribution in [-0.2, 0) is 26.5 Å². The van der Waals surface area contributed by atoms with Crippen LogP contribution in [0.4, 0.5) is 10.1 Å². The summed E-state index contributed by atoms with van der Waals surface area (Å²) in [6, 6.07) is 13.0. The van der Waals surface area contributed by atoms with Crippen LogP contribution >= 0.6 is 0 Å². The van der Waals surface area contributed by atoms with Crippen molar-refractivity contribution >= 4 is 17.6 Å². The van der Waals surface area contributed by atoms with E-state index < -0.39 is 23.3 Å². The standard InChI is InChI=1S/C21H18FNO4/c1-2-19(24)27-12-6-11-21(26)17-13-16(22)9-10-18(17)23(20(21)25)14-15-7-4-3-5-8-15/h3-5,7-10,13,26H,2,12,14H2,1H3/t21-/m0/s1. The zero-order valence-electron chi connectivity index (χ0n) is 14.7. The smallest absolute Gasteiger partial charge is 0.306 e. The van der Waals surface area contributed by atoms with Crippen molar-refractivity contribution < 1.29 is 23.8 Å². The topological polar surface area (TPSA) is 66.8 Å². The zero-order valence-corrected chi connectivity index (χ0v) is 14.7. The van der Waals surface area contributed by atoms with E-state index in [1.807, 2.05) is 30.3 Å². The molecule has 0 saturated heterocycles. The van der Waals surface area contributed by atoms with Crippen molar-refractivity contribution in [2.24, 2.45) is 0 Å². The number of aliphatic hydroxyl groups is 1. The van der Waals surface area contributed by atoms with Crippen LogP contribution < -0.4 is 4.90 Å². The van der Waals surface area contributed by atoms with Gasteiger partial charge in [0, 0.05) is 12.0 Å². The predicted octanol–water partition coefficient (Wildman–Crippen LogP) is 2.52. The van der Waals surface area contributed by atoms with Crippen molar-refractivity contribution in [3.63, 3.8) is 0 Å². The number of hydrogen-bond acceptors (Lipinski definition) is 4. The maximum atomic E-state index is 13.8. The molecular weight excluding hydrogens is 349 g/mol. The first-order chi connectivity index (χ1) is 13.0. The van der Waals surface area contributed by atoms with Gasteiger partial charge in [0.05, 0.1) is 12.2 Å². The molecule has 0 fully saturated rings. The van der Waals surface area contributed by atoms with Gasteiger partial charge in [-0.2, -0.15) is 0 Å². The van der Waals surface area contributed by atoms with Crippen LogP contribution in [0.1, 0.15) is 24.5 Å². The number of anilines is 1. The molecule has 0 bridgehead atoms. The van der Waals surface area contributed by atoms with Crippen LogP contribution in [-0.4, -0.2) is 23.6 Å². The number of hydrogen-bond donors (Lipinski definition) is 1. The summed E-state index contributed by atoms with van der Waals surface area (Å²) >= 11 is 0. The molecule has 3 rings (SSSR count). The molecule has 2 aromatic rings. The van der Waals surface area contributed by atoms with E-state index in [9.17, 15) is 19.1 Å². The Morgan fingerprint density at radius 2 is 2.00 bits per heavy atom. The molecule has 0 unspecified atom stereocenters. The number of rotatable bonds is 4. The van der Waals surface area contributed by atoms with Gasteiger partial charge in [-0.3, -0.25) is 9.59 Å². The van der Waals surface area contributed by atoms with Gasteiger partial charge in [0.25, 0.3) is 5.91 Å². The first kappa shape index (κ1) is 18.6. The number of fused-ring (bicyclic) bond motifs is 1. The molecule has 1 heterocycles. The molecule has 27 heavy (non-hydrogen) atoms. The molecule has 0 saturated carbocycles. The Morgan fingerprint density at radius 1 is 1.26 bits per heavy atom. The second kappa shape index (κ2) is 7.60. The van der Waals surface area contributed by atoms with E-state index in [2.05, 4.69) is 11.8 Å². The van der Waals surface area contributed by atoms with Gasteiger partial charge in [0.15, 0.2) is 6.61 Å². The Morgan fingerprint density at radius 3 is 2.70 bits per heavy atom. The fourth-order valence-electron chi connectivity index (χ4n) is 2.88. The molecule has 1 amide bonds. The van der Waals surface area contributed by atoms with Crippen molar-refractivity contribution in [1.82, 2.24) is 0 Å². The average Bonchev–Trinajstić information content (AvgIpc) is 2.88. The second-order valence-corrected chi connectivity index (χ2v) is 6.06. The lowest BCUT2D eigenvalue weighted by Gasteiger charge is -2.19. The first-order valence-corrected chi connectivity index (χ1v) is 8.49. The highest BCUT2D eigenvalue weighted by Gasteiger charge is 2.49. The normalized spacial score (nSPS) is 17.9. The molecule has 0 spiro atoms. The molecular formula is C21H18FNO4. The Kier molecular flexibility index (Phi) is 5.24. The highest BCUT2D eigenvalue weighted by atomic mass is 19.1. The predicted molar refractivity (Wildman–Crippen MR) is 97.0 cm³/mol. The fourth-order valence-corrected chi connectivity index (χ4v) is 2.88. The molecule has 2 aromatic carbocycles. The molecule has 0 aromatic heterocycles. The lowest BCUT2D eigenvalue weighted by atomic mass is 9.96. The average molecular weight is 367 g/mol. The summed E-state index contributed by atoms with van der Waals surface area (Å²) in [5, 5.41) is 10.9. The number of carbonyl (C=O) groups is 2. The third-order valence-electron chi connectivity index (χ3n) is 4.24. The van der Waals surface area contributed by atoms with E-state index in [1.165, 1.54) is 17.0 Å². The van der Waals surface area contributed by atoms with Gasteiger partial charge in [-0.05, 0) is 29.7 Å². The van der Waals surface area contributed by atoms with Crippen LogP contribution in [0.25, 0.3) is 0 Å². The van der Waals surface area contributed by atoms with Crippen LogP contribution in [0.3, 0.4) is 0 Å². The van der Waals surface area contributed by atoms with E-state index in [4.69, 9.17) is 4.74 Å². The first-order valence-electron chi connectivity index (χ1n) is 8.49. The molecule has 0 aliphatic carbocycles. The van der Waals surface area contributed by atoms with Crippen LogP contribution in [0.15, 0.2) is 48.5 Å². The third-order valence-corrected chi connectivity index (χ3v) is 4.24. The van der Waals surface area contributed by atoms with Crippen LogP contribution in [0, 0.1) is 17.7 Å². The molecule has 0 radical (unpaired) electrons. The number of halogens is 1. The molecule has 6 heteroatoms. The Hall–Kier alpha value is -3.17. The number of amides is 1. The summed E-state index contributed by atoms with van der Waals surface area (Å²) in [7, 11) is 0. The molecule has 1 aliphatic rings. The van der Waals surface area contributed by atoms with Crippen molar-refractivity contribution in [1.29, 1.82) is 0 Å². The maximum Gasteiger partial charge on any atom is 0.306 e. The number of esters is 1. The minimum absolute atomic E-state index is 0.0812. The SMILES string of the molecule is CCC(=O)OCC#C[C@@]1(O)C(=O)N(Cc2ccccc2)c2ccc(F)cc21. The Labute approximate surface area is 156 Å². The Balaban J connectivity index is 1.93. The lowest BCUT2D eigenvalue weighted by molar-refractivity contribution is -0.141. The van der Waals surface area contributed by atoms with Crippen molar-refractivity contribution in [2.75, 3.05) is 11.5 Å². The van der Waals surface area contributed by atoms with Crippen molar-refractivity contribution in [2.45, 2.75) is 25.5 Å². The van der Waals surface area contributed by atoms with E-state index in [0.29, 0.717) is 5.69 Å². The van der Waals surface area contributed by atoms with Gasteiger partial charge in [-0.1, -0.05) is 43.2 Å². The van der Waals surface area contributed by atoms with Crippen LogP contribution in [0.5, 0.6) is 0 Å². The molecule has 1 atom stereocenters. The lowest BCUT2D eigenvalue weighted by Crippen LogP contribution is -2.39. The molecule has 1 N–H and O–H groups in total. The monoisotopic (exact) mass is 367 g/mol. The summed E-state index contributed by atoms with van der Waals surface area (Å²) in [6.45, 7) is 1.60. The van der Waals surface area contributed by atoms with Gasteiger partial charge in [0.2, 0.25) is 5.60 Å². The van der Waals surface area contributed by atoms with E-state index in [0.717, 1.165) is 11.6 Å². The van der Waals surface area contributed by atoms with Gasteiger partial charge in [-0.15, -0.1) is 0 Å². The van der Waals surface area contributed by atoms with E-state index in [1.54, 1.807) is 6.92 Å². The Bertz CT molecular complexity index is 932. The largest absolute Gasteiger partial charge is 0.452 e. The quantitative estimate of drug-likeness (QED) is 0.666. The van der Waals surface area contributed by atoms with Crippen molar-refractivity contribution in [3.05, 3.63) is 65.5 Å².